The van der Waals surface area contributed by atoms with E-state index in [1.54, 1.807) is 11.8 Å². The van der Waals surface area contributed by atoms with Gasteiger partial charge >= 0.3 is 0 Å². The zero-order valence-electron chi connectivity index (χ0n) is 16.7. The van der Waals surface area contributed by atoms with Gasteiger partial charge in [-0.1, -0.05) is 25.0 Å². The monoisotopic (exact) mass is 412 g/mol. The van der Waals surface area contributed by atoms with Gasteiger partial charge in [0.2, 0.25) is 5.91 Å². The summed E-state index contributed by atoms with van der Waals surface area (Å²) in [7, 11) is 0. The molecular weight excluding hydrogens is 384 g/mol. The molecule has 29 heavy (non-hydrogen) atoms. The molecular formula is C22H28N4O2S. The normalized spacial score (nSPS) is 23.0. The maximum Gasteiger partial charge on any atom is 0.224 e. The summed E-state index contributed by atoms with van der Waals surface area (Å²) in [6.45, 7) is 2.69. The van der Waals surface area contributed by atoms with Crippen molar-refractivity contribution in [2.45, 2.75) is 44.2 Å². The number of amides is 1. The molecule has 1 unspecified atom stereocenters. The average Bonchev–Trinajstić information content (AvgIpc) is 3.49. The molecule has 1 aromatic carbocycles. The van der Waals surface area contributed by atoms with Crippen molar-refractivity contribution < 1.29 is 9.53 Å². The number of thioether (sulfide) groups is 1. The smallest absolute Gasteiger partial charge is 0.224 e. The van der Waals surface area contributed by atoms with Crippen LogP contribution < -0.4 is 5.32 Å². The lowest BCUT2D eigenvalue weighted by atomic mass is 10.2. The van der Waals surface area contributed by atoms with Gasteiger partial charge in [-0.15, -0.1) is 11.8 Å². The number of carbonyl (C=O) groups is 1. The molecule has 3 aliphatic rings. The zero-order valence-corrected chi connectivity index (χ0v) is 17.5. The molecule has 154 valence electrons. The first kappa shape index (κ1) is 19.0. The number of benzene rings is 1. The first-order chi connectivity index (χ1) is 14.3. The number of carbonyl (C=O) groups excluding carboxylic acids is 1. The van der Waals surface area contributed by atoms with Crippen molar-refractivity contribution in [3.63, 3.8) is 0 Å². The molecule has 7 heteroatoms. The Labute approximate surface area is 175 Å². The number of aromatic nitrogens is 1. The van der Waals surface area contributed by atoms with Crippen LogP contribution >= 0.6 is 11.8 Å². The second kappa shape index (κ2) is 8.40. The summed E-state index contributed by atoms with van der Waals surface area (Å²) >= 11 is 1.75. The van der Waals surface area contributed by atoms with Crippen LogP contribution in [0.1, 0.15) is 37.8 Å². The minimum atomic E-state index is 0.0628. The first-order valence-electron chi connectivity index (χ1n) is 10.7. The zero-order chi connectivity index (χ0) is 19.6. The predicted molar refractivity (Wildman–Crippen MR) is 119 cm³/mol. The Kier molecular flexibility index (Phi) is 5.50. The Morgan fingerprint density at radius 1 is 1.28 bits per heavy atom. The fraction of sp³-hybridized carbons (Fsp3) is 0.545. The number of hydrogen-bond donors (Lipinski definition) is 2. The quantitative estimate of drug-likeness (QED) is 0.787. The van der Waals surface area contributed by atoms with Gasteiger partial charge in [-0.2, -0.15) is 0 Å². The Balaban J connectivity index is 1.30. The van der Waals surface area contributed by atoms with Crippen molar-refractivity contribution in [2.75, 3.05) is 37.4 Å². The maximum atomic E-state index is 12.5. The molecule has 0 bridgehead atoms. The standard InChI is InChI=1S/C22H28N4O2S/c27-20(26-8-10-28-11-9-26)13-17-14-29-22(24-17)19-12-15-4-3-7-18(21(15)25-19)23-16-5-1-2-6-16/h3-4,7,12,16-17,23,25H,1-2,5-6,8-11,13-14H2. The lowest BCUT2D eigenvalue weighted by Gasteiger charge is -2.27. The number of nitrogens with one attached hydrogen (secondary N) is 2. The van der Waals surface area contributed by atoms with Crippen LogP contribution in [0, 0.1) is 0 Å². The van der Waals surface area contributed by atoms with Gasteiger partial charge in [-0.3, -0.25) is 9.79 Å². The number of ether oxygens (including phenoxy) is 1. The van der Waals surface area contributed by atoms with Crippen LogP contribution in [0.3, 0.4) is 0 Å². The van der Waals surface area contributed by atoms with E-state index in [-0.39, 0.29) is 11.9 Å². The Morgan fingerprint density at radius 3 is 2.93 bits per heavy atom. The summed E-state index contributed by atoms with van der Waals surface area (Å²) in [4.78, 5) is 22.9. The Morgan fingerprint density at radius 2 is 2.10 bits per heavy atom. The van der Waals surface area contributed by atoms with Crippen LogP contribution in [0.15, 0.2) is 29.3 Å². The van der Waals surface area contributed by atoms with E-state index >= 15 is 0 Å². The summed E-state index contributed by atoms with van der Waals surface area (Å²) in [6, 6.07) is 9.26. The number of H-pyrrole nitrogens is 1. The fourth-order valence-corrected chi connectivity index (χ4v) is 5.52. The molecule has 2 N–H and O–H groups in total. The molecule has 3 heterocycles. The molecule has 1 aromatic heterocycles. The summed E-state index contributed by atoms with van der Waals surface area (Å²) < 4.78 is 5.34. The van der Waals surface area contributed by atoms with Crippen LogP contribution in [-0.2, 0) is 9.53 Å². The molecule has 2 aliphatic heterocycles. The largest absolute Gasteiger partial charge is 0.381 e. The van der Waals surface area contributed by atoms with Crippen molar-refractivity contribution >= 4 is 39.3 Å². The number of para-hydroxylation sites is 1. The van der Waals surface area contributed by atoms with E-state index in [0.29, 0.717) is 38.8 Å². The molecule has 1 saturated heterocycles. The summed E-state index contributed by atoms with van der Waals surface area (Å²) in [5.41, 5.74) is 3.40. The fourth-order valence-electron chi connectivity index (χ4n) is 4.49. The molecule has 1 aliphatic carbocycles. The molecule has 6 nitrogen and oxygen atoms in total. The highest BCUT2D eigenvalue weighted by atomic mass is 32.2. The maximum absolute atomic E-state index is 12.5. The highest BCUT2D eigenvalue weighted by molar-refractivity contribution is 8.14. The van der Waals surface area contributed by atoms with Crippen LogP contribution in [0.2, 0.25) is 0 Å². The van der Waals surface area contributed by atoms with Gasteiger partial charge in [-0.05, 0) is 25.0 Å². The number of morpholine rings is 1. The SMILES string of the molecule is O=C(CC1CSC(c2cc3cccc(NC4CCCC4)c3[nH]2)=N1)N1CCOCC1. The van der Waals surface area contributed by atoms with Crippen LogP contribution in [0.25, 0.3) is 10.9 Å². The van der Waals surface area contributed by atoms with E-state index in [9.17, 15) is 4.79 Å². The van der Waals surface area contributed by atoms with Crippen molar-refractivity contribution in [2.24, 2.45) is 4.99 Å². The third-order valence-corrected chi connectivity index (χ3v) is 7.24. The van der Waals surface area contributed by atoms with Crippen molar-refractivity contribution in [1.82, 2.24) is 9.88 Å². The minimum Gasteiger partial charge on any atom is -0.381 e. The summed E-state index contributed by atoms with van der Waals surface area (Å²) in [5, 5.41) is 5.95. The highest BCUT2D eigenvalue weighted by Gasteiger charge is 2.26. The summed E-state index contributed by atoms with van der Waals surface area (Å²) in [5.74, 6) is 1.07. The van der Waals surface area contributed by atoms with Crippen LogP contribution in [0.4, 0.5) is 5.69 Å². The Bertz CT molecular complexity index is 913. The van der Waals surface area contributed by atoms with Crippen molar-refractivity contribution in [1.29, 1.82) is 0 Å². The number of hydrogen-bond acceptors (Lipinski definition) is 5. The van der Waals surface area contributed by atoms with Gasteiger partial charge in [-0.25, -0.2) is 0 Å². The number of rotatable bonds is 5. The topological polar surface area (TPSA) is 69.7 Å². The van der Waals surface area contributed by atoms with E-state index < -0.39 is 0 Å². The molecule has 5 rings (SSSR count). The number of aromatic amines is 1. The van der Waals surface area contributed by atoms with E-state index in [2.05, 4.69) is 34.6 Å². The lowest BCUT2D eigenvalue weighted by Crippen LogP contribution is -2.41. The van der Waals surface area contributed by atoms with Gasteiger partial charge in [0.15, 0.2) is 0 Å². The van der Waals surface area contributed by atoms with Gasteiger partial charge < -0.3 is 19.9 Å². The third-order valence-electron chi connectivity index (χ3n) is 6.09. The number of anilines is 1. The Hall–Kier alpha value is -1.99. The predicted octanol–water partition coefficient (Wildman–Crippen LogP) is 3.63. The lowest BCUT2D eigenvalue weighted by molar-refractivity contribution is -0.135. The second-order valence-electron chi connectivity index (χ2n) is 8.17. The molecule has 1 atom stereocenters. The molecule has 0 radical (unpaired) electrons. The van der Waals surface area contributed by atoms with E-state index in [1.807, 2.05) is 4.90 Å². The van der Waals surface area contributed by atoms with Gasteiger partial charge in [0.25, 0.3) is 0 Å². The minimum absolute atomic E-state index is 0.0628. The first-order valence-corrected chi connectivity index (χ1v) is 11.7. The van der Waals surface area contributed by atoms with E-state index in [0.717, 1.165) is 22.0 Å². The molecule has 1 amide bonds. The number of aliphatic imine (C=N–C) groups is 1. The van der Waals surface area contributed by atoms with Crippen molar-refractivity contribution in [3.05, 3.63) is 30.0 Å². The highest BCUT2D eigenvalue weighted by Crippen LogP contribution is 2.31. The van der Waals surface area contributed by atoms with E-state index in [4.69, 9.17) is 9.73 Å². The molecule has 2 aromatic rings. The molecule has 0 spiro atoms. The molecule has 2 fully saturated rings. The van der Waals surface area contributed by atoms with Gasteiger partial charge in [0.1, 0.15) is 5.04 Å². The van der Waals surface area contributed by atoms with Crippen LogP contribution in [0.5, 0.6) is 0 Å². The molecule has 1 saturated carbocycles. The van der Waals surface area contributed by atoms with Gasteiger partial charge in [0.05, 0.1) is 42.6 Å². The second-order valence-corrected chi connectivity index (χ2v) is 9.18. The summed E-state index contributed by atoms with van der Waals surface area (Å²) in [6.07, 6.45) is 5.64. The van der Waals surface area contributed by atoms with Crippen LogP contribution in [-0.4, -0.2) is 65.0 Å². The third kappa shape index (κ3) is 4.16. The number of fused-ring (bicyclic) bond motifs is 1. The number of nitrogens with zero attached hydrogens (tertiary/aromatic N) is 2. The van der Waals surface area contributed by atoms with Gasteiger partial charge in [0, 0.05) is 30.3 Å². The average molecular weight is 413 g/mol. The van der Waals surface area contributed by atoms with E-state index in [1.165, 1.54) is 36.8 Å². The van der Waals surface area contributed by atoms with Crippen molar-refractivity contribution in [3.8, 4) is 0 Å².